The zero-order valence-electron chi connectivity index (χ0n) is 15.1. The van der Waals surface area contributed by atoms with E-state index in [1.807, 2.05) is 0 Å². The number of benzene rings is 1. The van der Waals surface area contributed by atoms with Crippen LogP contribution in [0.3, 0.4) is 0 Å². The number of nitrogens with one attached hydrogen (secondary N) is 1. The molecule has 0 unspecified atom stereocenters. The maximum Gasteiger partial charge on any atom is 0.340 e. The molecule has 3 aromatic rings. The van der Waals surface area contributed by atoms with Crippen molar-refractivity contribution in [1.29, 1.82) is 0 Å². The van der Waals surface area contributed by atoms with E-state index < -0.39 is 23.8 Å². The lowest BCUT2D eigenvalue weighted by atomic mass is 10.1. The van der Waals surface area contributed by atoms with Crippen LogP contribution in [-0.4, -0.2) is 46.3 Å². The van der Waals surface area contributed by atoms with Gasteiger partial charge < -0.3 is 19.3 Å². The van der Waals surface area contributed by atoms with E-state index in [0.29, 0.717) is 16.6 Å². The number of aromatic nitrogens is 3. The molecule has 2 heterocycles. The van der Waals surface area contributed by atoms with E-state index in [1.165, 1.54) is 30.6 Å². The van der Waals surface area contributed by atoms with Gasteiger partial charge >= 0.3 is 11.9 Å². The number of carbonyl (C=O) groups excluding carboxylic acids is 2. The predicted molar refractivity (Wildman–Crippen MR) is 95.7 cm³/mol. The summed E-state index contributed by atoms with van der Waals surface area (Å²) < 4.78 is 28.3. The molecule has 3 rings (SSSR count). The molecule has 2 aromatic heterocycles. The van der Waals surface area contributed by atoms with Gasteiger partial charge in [-0.25, -0.2) is 19.0 Å². The van der Waals surface area contributed by atoms with Crippen molar-refractivity contribution in [2.45, 2.75) is 19.9 Å². The van der Waals surface area contributed by atoms with Crippen molar-refractivity contribution in [1.82, 2.24) is 15.1 Å². The lowest BCUT2D eigenvalue weighted by Crippen LogP contribution is -2.40. The smallest absolute Gasteiger partial charge is 0.340 e. The Hall–Kier alpha value is -3.56. The van der Waals surface area contributed by atoms with Gasteiger partial charge in [0.15, 0.2) is 0 Å². The summed E-state index contributed by atoms with van der Waals surface area (Å²) in [4.78, 5) is 32.5. The van der Waals surface area contributed by atoms with E-state index in [0.717, 1.165) is 0 Å². The van der Waals surface area contributed by atoms with Crippen LogP contribution >= 0.6 is 0 Å². The fourth-order valence-corrected chi connectivity index (χ4v) is 2.50. The van der Waals surface area contributed by atoms with Crippen molar-refractivity contribution in [3.8, 4) is 11.3 Å². The molecular weight excluding hydrogens is 371 g/mol. The van der Waals surface area contributed by atoms with E-state index in [9.17, 15) is 14.0 Å². The fraction of sp³-hybridized carbons (Fsp3) is 0.278. The van der Waals surface area contributed by atoms with Crippen LogP contribution in [0.4, 0.5) is 10.2 Å². The van der Waals surface area contributed by atoms with E-state index in [1.54, 1.807) is 13.8 Å². The fourth-order valence-electron chi connectivity index (χ4n) is 2.50. The summed E-state index contributed by atoms with van der Waals surface area (Å²) in [7, 11) is 0. The van der Waals surface area contributed by atoms with Gasteiger partial charge in [0.1, 0.15) is 29.0 Å². The number of rotatable bonds is 7. The molecule has 9 nitrogen and oxygen atoms in total. The molecule has 28 heavy (non-hydrogen) atoms. The van der Waals surface area contributed by atoms with Gasteiger partial charge in [-0.2, -0.15) is 4.98 Å². The lowest BCUT2D eigenvalue weighted by molar-refractivity contribution is -0.155. The highest BCUT2D eigenvalue weighted by atomic mass is 19.1. The topological polar surface area (TPSA) is 116 Å². The minimum atomic E-state index is -1.44. The van der Waals surface area contributed by atoms with E-state index in [-0.39, 0.29) is 24.7 Å². The van der Waals surface area contributed by atoms with Crippen LogP contribution in [0.1, 0.15) is 13.8 Å². The summed E-state index contributed by atoms with van der Waals surface area (Å²) in [5.74, 6) is -1.91. The van der Waals surface area contributed by atoms with Gasteiger partial charge in [-0.05, 0) is 38.1 Å². The van der Waals surface area contributed by atoms with E-state index >= 15 is 0 Å². The van der Waals surface area contributed by atoms with Gasteiger partial charge in [0.2, 0.25) is 6.04 Å². The Morgan fingerprint density at radius 1 is 1.11 bits per heavy atom. The van der Waals surface area contributed by atoms with Gasteiger partial charge in [-0.1, -0.05) is 5.16 Å². The molecule has 0 aliphatic carbocycles. The molecule has 146 valence electrons. The second-order valence-electron chi connectivity index (χ2n) is 5.52. The van der Waals surface area contributed by atoms with Gasteiger partial charge in [0, 0.05) is 5.56 Å². The number of carbonyl (C=O) groups is 2. The van der Waals surface area contributed by atoms with Crippen LogP contribution < -0.4 is 5.32 Å². The SMILES string of the molecule is CCOC(=O)C(Nc1ncnc2onc(-c3ccc(F)cc3)c12)C(=O)OCC. The molecule has 1 N–H and O–H groups in total. The van der Waals surface area contributed by atoms with Crippen LogP contribution in [0, 0.1) is 5.82 Å². The molecule has 0 spiro atoms. The minimum absolute atomic E-state index is 0.0870. The molecule has 0 aliphatic rings. The molecule has 1 aromatic carbocycles. The second-order valence-corrected chi connectivity index (χ2v) is 5.52. The molecule has 0 bridgehead atoms. The monoisotopic (exact) mass is 388 g/mol. The van der Waals surface area contributed by atoms with E-state index in [2.05, 4.69) is 20.4 Å². The normalized spacial score (nSPS) is 10.9. The van der Waals surface area contributed by atoms with Gasteiger partial charge in [-0.3, -0.25) is 0 Å². The standard InChI is InChI=1S/C18H17FN4O5/c1-3-26-17(24)14(18(25)27-4-2)22-15-12-13(10-5-7-11(19)8-6-10)23-28-16(12)21-9-20-15/h5-9,14H,3-4H2,1-2H3,(H,20,21,22). The summed E-state index contributed by atoms with van der Waals surface area (Å²) in [6.45, 7) is 3.42. The van der Waals surface area contributed by atoms with Gasteiger partial charge in [0.05, 0.1) is 13.2 Å². The number of nitrogens with zero attached hydrogens (tertiary/aromatic N) is 3. The third-order valence-electron chi connectivity index (χ3n) is 3.72. The first-order valence-electron chi connectivity index (χ1n) is 8.51. The predicted octanol–water partition coefficient (Wildman–Crippen LogP) is 2.33. The van der Waals surface area contributed by atoms with Crippen LogP contribution in [0.15, 0.2) is 35.1 Å². The maximum absolute atomic E-state index is 13.2. The molecule has 10 heteroatoms. The number of halogens is 1. The first kappa shape index (κ1) is 19.2. The summed E-state index contributed by atoms with van der Waals surface area (Å²) >= 11 is 0. The highest BCUT2D eigenvalue weighted by Crippen LogP contribution is 2.31. The Morgan fingerprint density at radius 3 is 2.36 bits per heavy atom. The first-order valence-corrected chi connectivity index (χ1v) is 8.51. The van der Waals surface area contributed by atoms with Crippen molar-refractivity contribution in [2.24, 2.45) is 0 Å². The number of ether oxygens (including phenoxy) is 2. The zero-order chi connectivity index (χ0) is 20.1. The second kappa shape index (κ2) is 8.42. The Morgan fingerprint density at radius 2 is 1.75 bits per heavy atom. The van der Waals surface area contributed by atoms with Crippen LogP contribution in [0.25, 0.3) is 22.4 Å². The van der Waals surface area contributed by atoms with Gasteiger partial charge in [0.25, 0.3) is 5.71 Å². The van der Waals surface area contributed by atoms with Crippen molar-refractivity contribution in [2.75, 3.05) is 18.5 Å². The average molecular weight is 388 g/mol. The highest BCUT2D eigenvalue weighted by Gasteiger charge is 2.31. The Kier molecular flexibility index (Phi) is 5.78. The number of hydrogen-bond donors (Lipinski definition) is 1. The van der Waals surface area contributed by atoms with Gasteiger partial charge in [-0.15, -0.1) is 0 Å². The molecule has 0 fully saturated rings. The Bertz CT molecular complexity index is 971. The molecule has 0 amide bonds. The first-order chi connectivity index (χ1) is 13.5. The highest BCUT2D eigenvalue weighted by molar-refractivity contribution is 6.05. The Balaban J connectivity index is 2.03. The molecular formula is C18H17FN4O5. The maximum atomic E-state index is 13.2. The van der Waals surface area contributed by atoms with Crippen LogP contribution in [-0.2, 0) is 19.1 Å². The molecule has 0 atom stereocenters. The number of anilines is 1. The summed E-state index contributed by atoms with van der Waals surface area (Å²) in [6, 6.07) is 4.13. The van der Waals surface area contributed by atoms with Crippen molar-refractivity contribution in [3.05, 3.63) is 36.4 Å². The molecule has 0 aliphatic heterocycles. The molecule has 0 saturated carbocycles. The van der Waals surface area contributed by atoms with Crippen LogP contribution in [0.2, 0.25) is 0 Å². The third kappa shape index (κ3) is 3.90. The Labute approximate surface area is 158 Å². The summed E-state index contributed by atoms with van der Waals surface area (Å²) in [5.41, 5.74) is 0.995. The third-order valence-corrected chi connectivity index (χ3v) is 3.72. The largest absolute Gasteiger partial charge is 0.464 e. The summed E-state index contributed by atoms with van der Waals surface area (Å²) in [5, 5.41) is 7.00. The molecule has 0 radical (unpaired) electrons. The lowest BCUT2D eigenvalue weighted by Gasteiger charge is -2.16. The van der Waals surface area contributed by atoms with Crippen LogP contribution in [0.5, 0.6) is 0 Å². The number of hydrogen-bond acceptors (Lipinski definition) is 9. The molecule has 0 saturated heterocycles. The summed E-state index contributed by atoms with van der Waals surface area (Å²) in [6.07, 6.45) is 1.19. The zero-order valence-corrected chi connectivity index (χ0v) is 15.1. The minimum Gasteiger partial charge on any atom is -0.464 e. The quantitative estimate of drug-likeness (QED) is 0.481. The number of esters is 2. The van der Waals surface area contributed by atoms with Crippen molar-refractivity contribution in [3.63, 3.8) is 0 Å². The van der Waals surface area contributed by atoms with Crippen molar-refractivity contribution >= 4 is 28.9 Å². The van der Waals surface area contributed by atoms with Crippen molar-refractivity contribution < 1.29 is 28.0 Å². The average Bonchev–Trinajstić information content (AvgIpc) is 3.12. The number of fused-ring (bicyclic) bond motifs is 1. The van der Waals surface area contributed by atoms with E-state index in [4.69, 9.17) is 14.0 Å².